The number of hydrogen-bond donors (Lipinski definition) is 1. The van der Waals surface area contributed by atoms with Crippen LogP contribution in [-0.4, -0.2) is 25.7 Å². The van der Waals surface area contributed by atoms with Gasteiger partial charge in [0.15, 0.2) is 0 Å². The molecule has 0 aliphatic carbocycles. The van der Waals surface area contributed by atoms with Gasteiger partial charge in [0.1, 0.15) is 18.4 Å². The van der Waals surface area contributed by atoms with E-state index < -0.39 is 0 Å². The summed E-state index contributed by atoms with van der Waals surface area (Å²) in [6, 6.07) is 18.0. The Morgan fingerprint density at radius 3 is 2.33 bits per heavy atom. The number of rotatable bonds is 4. The highest BCUT2D eigenvalue weighted by atomic mass is 16.4. The fourth-order valence-electron chi connectivity index (χ4n) is 2.13. The lowest BCUT2D eigenvalue weighted by Crippen LogP contribution is -2.12. The van der Waals surface area contributed by atoms with Crippen LogP contribution in [0.15, 0.2) is 72.4 Å². The predicted molar refractivity (Wildman–Crippen MR) is 80.2 cm³/mol. The molecule has 21 heavy (non-hydrogen) atoms. The smallest absolute Gasteiger partial charge is 0.137 e. The molecule has 0 fully saturated rings. The summed E-state index contributed by atoms with van der Waals surface area (Å²) in [7, 11) is 0. The van der Waals surface area contributed by atoms with E-state index in [1.54, 1.807) is 11.0 Å². The Morgan fingerprint density at radius 1 is 1.00 bits per heavy atom. The summed E-state index contributed by atoms with van der Waals surface area (Å²) in [6.45, 7) is 0.376. The van der Waals surface area contributed by atoms with Crippen molar-refractivity contribution in [1.82, 2.24) is 14.8 Å². The summed E-state index contributed by atoms with van der Waals surface area (Å²) in [5, 5.41) is 16.6. The van der Waals surface area contributed by atoms with Crippen molar-refractivity contribution in [2.75, 3.05) is 0 Å². The molecule has 2 aromatic carbocycles. The van der Waals surface area contributed by atoms with Gasteiger partial charge in [0.2, 0.25) is 0 Å². The summed E-state index contributed by atoms with van der Waals surface area (Å²) in [5.41, 5.74) is 3.67. The molecule has 3 aromatic rings. The molecular weight excluding hydrogens is 264 g/mol. The predicted octanol–water partition coefficient (Wildman–Crippen LogP) is 2.82. The molecule has 0 saturated carbocycles. The highest BCUT2D eigenvalue weighted by Crippen LogP contribution is 2.19. The summed E-state index contributed by atoms with van der Waals surface area (Å²) < 4.78 is 1.61. The molecule has 0 amide bonds. The molecule has 0 radical (unpaired) electrons. The maximum Gasteiger partial charge on any atom is 0.137 e. The van der Waals surface area contributed by atoms with Crippen molar-refractivity contribution in [2.45, 2.75) is 6.54 Å². The molecule has 0 saturated heterocycles. The van der Waals surface area contributed by atoms with Crippen LogP contribution in [0, 0.1) is 0 Å². The first-order valence-corrected chi connectivity index (χ1v) is 6.56. The first-order chi connectivity index (χ1) is 10.4. The normalized spacial score (nSPS) is 11.5. The summed E-state index contributed by atoms with van der Waals surface area (Å²) >= 11 is 0. The maximum absolute atomic E-state index is 9.19. The Balaban J connectivity index is 1.83. The Hall–Kier alpha value is -2.95. The molecule has 0 bridgehead atoms. The Labute approximate surface area is 122 Å². The Morgan fingerprint density at radius 2 is 1.71 bits per heavy atom. The van der Waals surface area contributed by atoms with Gasteiger partial charge in [-0.3, -0.25) is 0 Å². The van der Waals surface area contributed by atoms with Crippen LogP contribution in [0.1, 0.15) is 5.56 Å². The van der Waals surface area contributed by atoms with Crippen molar-refractivity contribution in [3.05, 3.63) is 72.8 Å². The largest absolute Gasteiger partial charge is 0.411 e. The highest BCUT2D eigenvalue weighted by Gasteiger charge is 2.06. The fourth-order valence-corrected chi connectivity index (χ4v) is 2.13. The van der Waals surface area contributed by atoms with Crippen molar-refractivity contribution in [1.29, 1.82) is 0 Å². The average Bonchev–Trinajstić information content (AvgIpc) is 3.07. The van der Waals surface area contributed by atoms with Gasteiger partial charge in [-0.05, 0) is 11.1 Å². The molecular formula is C16H14N4O. The van der Waals surface area contributed by atoms with Crippen molar-refractivity contribution < 1.29 is 5.21 Å². The molecule has 3 rings (SSSR count). The molecule has 0 spiro atoms. The first kappa shape index (κ1) is 13.1. The molecule has 1 N–H and O–H groups in total. The van der Waals surface area contributed by atoms with Gasteiger partial charge in [0, 0.05) is 5.56 Å². The molecule has 0 atom stereocenters. The third kappa shape index (κ3) is 2.97. The Kier molecular flexibility index (Phi) is 3.73. The van der Waals surface area contributed by atoms with Gasteiger partial charge in [-0.25, -0.2) is 9.67 Å². The molecule has 0 unspecified atom stereocenters. The van der Waals surface area contributed by atoms with E-state index >= 15 is 0 Å². The van der Waals surface area contributed by atoms with Crippen molar-refractivity contribution in [2.24, 2.45) is 5.16 Å². The summed E-state index contributed by atoms with van der Waals surface area (Å²) in [5.74, 6) is 0. The Bertz CT molecular complexity index is 719. The van der Waals surface area contributed by atoms with Crippen LogP contribution in [0.25, 0.3) is 11.1 Å². The molecule has 5 nitrogen and oxygen atoms in total. The molecule has 1 aromatic heterocycles. The monoisotopic (exact) mass is 278 g/mol. The minimum atomic E-state index is 0.376. The maximum atomic E-state index is 9.19. The fraction of sp³-hybridized carbons (Fsp3) is 0.0625. The lowest BCUT2D eigenvalue weighted by molar-refractivity contribution is 0.317. The van der Waals surface area contributed by atoms with Gasteiger partial charge in [-0.15, -0.1) is 0 Å². The second-order valence-corrected chi connectivity index (χ2v) is 4.58. The van der Waals surface area contributed by atoms with Crippen LogP contribution in [0.3, 0.4) is 0 Å². The third-order valence-corrected chi connectivity index (χ3v) is 3.22. The van der Waals surface area contributed by atoms with E-state index in [4.69, 9.17) is 0 Å². The van der Waals surface area contributed by atoms with Gasteiger partial charge >= 0.3 is 0 Å². The first-order valence-electron chi connectivity index (χ1n) is 6.56. The van der Waals surface area contributed by atoms with Crippen LogP contribution < -0.4 is 0 Å². The number of aromatic nitrogens is 3. The van der Waals surface area contributed by atoms with E-state index in [9.17, 15) is 5.21 Å². The molecule has 5 heteroatoms. The molecule has 104 valence electrons. The molecule has 0 aliphatic heterocycles. The van der Waals surface area contributed by atoms with Crippen LogP contribution in [0.2, 0.25) is 0 Å². The van der Waals surface area contributed by atoms with E-state index in [2.05, 4.69) is 27.4 Å². The van der Waals surface area contributed by atoms with E-state index in [1.165, 1.54) is 6.33 Å². The standard InChI is InChI=1S/C16H14N4O/c21-19-16(10-20-12-17-11-18-20)15-8-6-14(7-9-15)13-4-2-1-3-5-13/h1-9,11-12,21H,10H2/b19-16+. The lowest BCUT2D eigenvalue weighted by Gasteiger charge is -2.06. The zero-order valence-electron chi connectivity index (χ0n) is 11.3. The highest BCUT2D eigenvalue weighted by molar-refractivity contribution is 6.00. The number of oxime groups is 1. The zero-order valence-corrected chi connectivity index (χ0v) is 11.3. The zero-order chi connectivity index (χ0) is 14.5. The molecule has 1 heterocycles. The summed E-state index contributed by atoms with van der Waals surface area (Å²) in [4.78, 5) is 3.87. The van der Waals surface area contributed by atoms with Gasteiger partial charge < -0.3 is 5.21 Å². The topological polar surface area (TPSA) is 63.3 Å². The van der Waals surface area contributed by atoms with E-state index in [1.807, 2.05) is 42.5 Å². The molecule has 0 aliphatic rings. The van der Waals surface area contributed by atoms with Gasteiger partial charge in [0.05, 0.1) is 6.54 Å². The van der Waals surface area contributed by atoms with E-state index in [0.29, 0.717) is 12.3 Å². The second-order valence-electron chi connectivity index (χ2n) is 4.58. The van der Waals surface area contributed by atoms with E-state index in [-0.39, 0.29) is 0 Å². The van der Waals surface area contributed by atoms with Gasteiger partial charge in [-0.1, -0.05) is 59.8 Å². The van der Waals surface area contributed by atoms with Gasteiger partial charge in [0.25, 0.3) is 0 Å². The average molecular weight is 278 g/mol. The van der Waals surface area contributed by atoms with E-state index in [0.717, 1.165) is 16.7 Å². The van der Waals surface area contributed by atoms with Gasteiger partial charge in [-0.2, -0.15) is 5.10 Å². The third-order valence-electron chi connectivity index (χ3n) is 3.22. The SMILES string of the molecule is O/N=C(\Cn1cncn1)c1ccc(-c2ccccc2)cc1. The van der Waals surface area contributed by atoms with Crippen molar-refractivity contribution in [3.8, 4) is 11.1 Å². The summed E-state index contributed by atoms with van der Waals surface area (Å²) in [6.07, 6.45) is 3.04. The minimum Gasteiger partial charge on any atom is -0.411 e. The quantitative estimate of drug-likeness (QED) is 0.453. The van der Waals surface area contributed by atoms with Crippen molar-refractivity contribution in [3.63, 3.8) is 0 Å². The lowest BCUT2D eigenvalue weighted by atomic mass is 10.0. The van der Waals surface area contributed by atoms with Crippen LogP contribution in [-0.2, 0) is 6.54 Å². The second kappa shape index (κ2) is 6.00. The van der Waals surface area contributed by atoms with Crippen LogP contribution in [0.5, 0.6) is 0 Å². The minimum absolute atomic E-state index is 0.376. The van der Waals surface area contributed by atoms with Crippen LogP contribution in [0.4, 0.5) is 0 Å². The number of hydrogen-bond acceptors (Lipinski definition) is 4. The number of nitrogens with zero attached hydrogens (tertiary/aromatic N) is 4. The van der Waals surface area contributed by atoms with Crippen LogP contribution >= 0.6 is 0 Å². The van der Waals surface area contributed by atoms with Crippen molar-refractivity contribution >= 4 is 5.71 Å². The number of benzene rings is 2.